The van der Waals surface area contributed by atoms with Crippen LogP contribution in [0.5, 0.6) is 0 Å². The zero-order valence-electron chi connectivity index (χ0n) is 11.5. The second-order valence-corrected chi connectivity index (χ2v) is 5.59. The highest BCUT2D eigenvalue weighted by Gasteiger charge is 2.41. The fourth-order valence-corrected chi connectivity index (χ4v) is 2.49. The van der Waals surface area contributed by atoms with Gasteiger partial charge in [-0.15, -0.1) is 0 Å². The van der Waals surface area contributed by atoms with Gasteiger partial charge in [0.2, 0.25) is 0 Å². The molecule has 0 amide bonds. The summed E-state index contributed by atoms with van der Waals surface area (Å²) in [5.74, 6) is -0.548. The van der Waals surface area contributed by atoms with Gasteiger partial charge >= 0.3 is 5.97 Å². The van der Waals surface area contributed by atoms with Crippen LogP contribution in [0.15, 0.2) is 36.4 Å². The first-order valence-corrected chi connectivity index (χ1v) is 6.37. The van der Waals surface area contributed by atoms with Gasteiger partial charge in [0.05, 0.1) is 0 Å². The number of hydrogen-bond acceptors (Lipinski definition) is 3. The molecule has 1 aromatic carbocycles. The summed E-state index contributed by atoms with van der Waals surface area (Å²) in [7, 11) is 0. The second kappa shape index (κ2) is 5.00. The largest absolute Gasteiger partial charge is 0.454 e. The zero-order chi connectivity index (χ0) is 14.0. The summed E-state index contributed by atoms with van der Waals surface area (Å²) < 4.78 is 5.17. The van der Waals surface area contributed by atoms with E-state index in [1.165, 1.54) is 6.92 Å². The number of rotatable bonds is 2. The van der Waals surface area contributed by atoms with Crippen molar-refractivity contribution in [2.45, 2.75) is 33.3 Å². The molecule has 0 N–H and O–H groups in total. The highest BCUT2D eigenvalue weighted by molar-refractivity contribution is 6.03. The SMILES string of the molecule is CC(=O)O[C@@H]1C(=O)C=C(c2ccccc2)CC1(C)C. The molecule has 0 heterocycles. The number of carbonyl (C=O) groups excluding carboxylic acids is 2. The summed E-state index contributed by atoms with van der Waals surface area (Å²) in [6.45, 7) is 5.24. The lowest BCUT2D eigenvalue weighted by atomic mass is 9.73. The Labute approximate surface area is 113 Å². The van der Waals surface area contributed by atoms with Crippen molar-refractivity contribution in [3.05, 3.63) is 42.0 Å². The van der Waals surface area contributed by atoms with Crippen molar-refractivity contribution in [3.63, 3.8) is 0 Å². The van der Waals surface area contributed by atoms with Crippen LogP contribution in [0, 0.1) is 5.41 Å². The van der Waals surface area contributed by atoms with Gasteiger partial charge in [-0.1, -0.05) is 44.2 Å². The topological polar surface area (TPSA) is 43.4 Å². The molecule has 0 saturated heterocycles. The van der Waals surface area contributed by atoms with Gasteiger partial charge in [0.25, 0.3) is 0 Å². The molecular weight excluding hydrogens is 240 g/mol. The minimum Gasteiger partial charge on any atom is -0.454 e. The van der Waals surface area contributed by atoms with Crippen molar-refractivity contribution < 1.29 is 14.3 Å². The monoisotopic (exact) mass is 258 g/mol. The average molecular weight is 258 g/mol. The molecule has 1 atom stereocenters. The van der Waals surface area contributed by atoms with Crippen LogP contribution in [0.4, 0.5) is 0 Å². The van der Waals surface area contributed by atoms with Crippen LogP contribution >= 0.6 is 0 Å². The Kier molecular flexibility index (Phi) is 3.56. The summed E-state index contributed by atoms with van der Waals surface area (Å²) in [6, 6.07) is 9.82. The van der Waals surface area contributed by atoms with Crippen LogP contribution in [0.1, 0.15) is 32.8 Å². The summed E-state index contributed by atoms with van der Waals surface area (Å²) in [6.07, 6.45) is 1.63. The molecule has 1 aromatic rings. The molecule has 1 aliphatic rings. The van der Waals surface area contributed by atoms with E-state index < -0.39 is 12.1 Å². The van der Waals surface area contributed by atoms with E-state index in [2.05, 4.69) is 0 Å². The standard InChI is InChI=1S/C16H18O3/c1-11(17)19-15-14(18)9-13(10-16(15,2)3)12-7-5-4-6-8-12/h4-9,15H,10H2,1-3H3/t15-/m1/s1. The Bertz CT molecular complexity index is 526. The van der Waals surface area contributed by atoms with Crippen LogP contribution in [-0.2, 0) is 14.3 Å². The smallest absolute Gasteiger partial charge is 0.303 e. The van der Waals surface area contributed by atoms with Crippen molar-refractivity contribution in [1.82, 2.24) is 0 Å². The lowest BCUT2D eigenvalue weighted by Crippen LogP contribution is -2.42. The minimum absolute atomic E-state index is 0.134. The van der Waals surface area contributed by atoms with E-state index in [-0.39, 0.29) is 11.2 Å². The molecule has 1 aliphatic carbocycles. The van der Waals surface area contributed by atoms with Crippen LogP contribution in [0.2, 0.25) is 0 Å². The predicted molar refractivity (Wildman–Crippen MR) is 73.4 cm³/mol. The summed E-state index contributed by atoms with van der Waals surface area (Å²) in [5, 5.41) is 0. The summed E-state index contributed by atoms with van der Waals surface area (Å²) >= 11 is 0. The lowest BCUT2D eigenvalue weighted by molar-refractivity contribution is -0.158. The first-order valence-electron chi connectivity index (χ1n) is 6.37. The van der Waals surface area contributed by atoms with Crippen molar-refractivity contribution in [2.24, 2.45) is 5.41 Å². The number of esters is 1. The Morgan fingerprint density at radius 1 is 1.26 bits per heavy atom. The van der Waals surface area contributed by atoms with Gasteiger partial charge in [0.1, 0.15) is 0 Å². The maximum absolute atomic E-state index is 12.2. The first kappa shape index (κ1) is 13.5. The van der Waals surface area contributed by atoms with E-state index in [1.54, 1.807) is 6.08 Å². The number of hydrogen-bond donors (Lipinski definition) is 0. The fourth-order valence-electron chi connectivity index (χ4n) is 2.49. The van der Waals surface area contributed by atoms with E-state index in [1.807, 2.05) is 44.2 Å². The molecule has 3 nitrogen and oxygen atoms in total. The molecule has 0 bridgehead atoms. The maximum atomic E-state index is 12.2. The van der Waals surface area contributed by atoms with Crippen LogP contribution in [0.25, 0.3) is 5.57 Å². The van der Waals surface area contributed by atoms with Gasteiger partial charge in [-0.2, -0.15) is 0 Å². The molecule has 19 heavy (non-hydrogen) atoms. The van der Waals surface area contributed by atoms with Gasteiger partial charge in [0.15, 0.2) is 11.9 Å². The Morgan fingerprint density at radius 3 is 2.42 bits per heavy atom. The molecule has 0 aromatic heterocycles. The molecule has 0 spiro atoms. The van der Waals surface area contributed by atoms with Crippen molar-refractivity contribution in [3.8, 4) is 0 Å². The van der Waals surface area contributed by atoms with E-state index in [9.17, 15) is 9.59 Å². The normalized spacial score (nSPS) is 21.7. The van der Waals surface area contributed by atoms with E-state index in [4.69, 9.17) is 4.74 Å². The van der Waals surface area contributed by atoms with Crippen LogP contribution in [0.3, 0.4) is 0 Å². The highest BCUT2D eigenvalue weighted by atomic mass is 16.5. The Hall–Kier alpha value is -1.90. The number of ketones is 1. The van der Waals surface area contributed by atoms with Crippen molar-refractivity contribution in [2.75, 3.05) is 0 Å². The average Bonchev–Trinajstić information content (AvgIpc) is 2.34. The third kappa shape index (κ3) is 2.92. The number of allylic oxidation sites excluding steroid dienone is 1. The summed E-state index contributed by atoms with van der Waals surface area (Å²) in [5.41, 5.74) is 1.66. The molecule has 0 radical (unpaired) electrons. The van der Waals surface area contributed by atoms with Crippen LogP contribution in [-0.4, -0.2) is 17.9 Å². The molecule has 0 fully saturated rings. The van der Waals surface area contributed by atoms with Gasteiger partial charge < -0.3 is 4.74 Å². The second-order valence-electron chi connectivity index (χ2n) is 5.59. The zero-order valence-corrected chi connectivity index (χ0v) is 11.5. The molecule has 2 rings (SSSR count). The molecule has 0 unspecified atom stereocenters. The quantitative estimate of drug-likeness (QED) is 0.766. The van der Waals surface area contributed by atoms with Crippen molar-refractivity contribution >= 4 is 17.3 Å². The third-order valence-corrected chi connectivity index (χ3v) is 3.36. The molecule has 3 heteroatoms. The van der Waals surface area contributed by atoms with Crippen molar-refractivity contribution in [1.29, 1.82) is 0 Å². The van der Waals surface area contributed by atoms with Gasteiger partial charge in [0, 0.05) is 12.3 Å². The molecule has 0 saturated carbocycles. The fraction of sp³-hybridized carbons (Fsp3) is 0.375. The highest BCUT2D eigenvalue weighted by Crippen LogP contribution is 2.39. The van der Waals surface area contributed by atoms with Gasteiger partial charge in [-0.05, 0) is 23.6 Å². The number of ether oxygens (including phenoxy) is 1. The first-order chi connectivity index (χ1) is 8.90. The molecule has 100 valence electrons. The van der Waals surface area contributed by atoms with E-state index >= 15 is 0 Å². The Balaban J connectivity index is 2.33. The molecular formula is C16H18O3. The van der Waals surface area contributed by atoms with Crippen LogP contribution < -0.4 is 0 Å². The number of carbonyl (C=O) groups is 2. The van der Waals surface area contributed by atoms with Gasteiger partial charge in [-0.3, -0.25) is 9.59 Å². The van der Waals surface area contributed by atoms with Gasteiger partial charge in [-0.25, -0.2) is 0 Å². The Morgan fingerprint density at radius 2 is 1.89 bits per heavy atom. The molecule has 0 aliphatic heterocycles. The minimum atomic E-state index is -0.683. The number of benzene rings is 1. The lowest BCUT2D eigenvalue weighted by Gasteiger charge is -2.36. The third-order valence-electron chi connectivity index (χ3n) is 3.36. The van der Waals surface area contributed by atoms with E-state index in [0.29, 0.717) is 6.42 Å². The van der Waals surface area contributed by atoms with E-state index in [0.717, 1.165) is 11.1 Å². The summed E-state index contributed by atoms with van der Waals surface area (Å²) in [4.78, 5) is 23.3. The maximum Gasteiger partial charge on any atom is 0.303 e. The predicted octanol–water partition coefficient (Wildman–Crippen LogP) is 3.00.